The first-order valence-corrected chi connectivity index (χ1v) is 20.7. The highest BCUT2D eigenvalue weighted by Gasteiger charge is 2.50. The number of fused-ring (bicyclic) bond motifs is 2. The number of ether oxygens (including phenoxy) is 2. The molecule has 0 amide bonds. The molecule has 14 N–H and O–H groups in total. The maximum atomic E-state index is 12.4. The fraction of sp³-hybridized carbons (Fsp3) is 0.500. The Bertz CT molecular complexity index is 2260. The van der Waals surface area contributed by atoms with Crippen molar-refractivity contribution < 1.29 is 89.7 Å². The summed E-state index contributed by atoms with van der Waals surface area (Å²) in [7, 11) is -24.2. The maximum absolute atomic E-state index is 12.4. The van der Waals surface area contributed by atoms with Crippen LogP contribution in [0.4, 0.5) is 11.9 Å². The molecule has 31 nitrogen and oxygen atoms in total. The van der Waals surface area contributed by atoms with E-state index in [4.69, 9.17) is 20.9 Å². The molecule has 0 aromatic carbocycles. The van der Waals surface area contributed by atoms with Gasteiger partial charge in [0.15, 0.2) is 34.8 Å². The Kier molecular flexibility index (Phi) is 11.1. The quantitative estimate of drug-likeness (QED) is 0.0540. The molecule has 0 aliphatic carbocycles. The van der Waals surface area contributed by atoms with E-state index in [1.165, 1.54) is 0 Å². The lowest BCUT2D eigenvalue weighted by Gasteiger charge is -2.21. The molecule has 0 bridgehead atoms. The molecule has 0 radical (unpaired) electrons. The molecule has 35 heteroatoms. The second-order valence-corrected chi connectivity index (χ2v) is 17.6. The molecule has 6 rings (SSSR count). The molecule has 4 aromatic rings. The van der Waals surface area contributed by atoms with Crippen molar-refractivity contribution in [1.29, 1.82) is 0 Å². The summed E-state index contributed by atoms with van der Waals surface area (Å²) >= 11 is 0. The van der Waals surface area contributed by atoms with Crippen LogP contribution in [-0.4, -0.2) is 129 Å². The van der Waals surface area contributed by atoms with Crippen molar-refractivity contribution in [2.75, 3.05) is 24.7 Å². The first-order valence-electron chi connectivity index (χ1n) is 14.7. The Balaban J connectivity index is 1.02. The van der Waals surface area contributed by atoms with E-state index in [2.05, 4.69) is 51.9 Å². The number of nitrogens with two attached hydrogens (primary N) is 2. The highest BCUT2D eigenvalue weighted by Crippen LogP contribution is 2.71. The number of phosphoric ester groups is 2. The summed E-state index contributed by atoms with van der Waals surface area (Å²) in [5.74, 6) is -0.680. The Labute approximate surface area is 301 Å². The molecular formula is C20H28N10O21P4. The van der Waals surface area contributed by atoms with Crippen LogP contribution in [0.3, 0.4) is 0 Å². The average Bonchev–Trinajstić information content (AvgIpc) is 3.79. The van der Waals surface area contributed by atoms with Crippen LogP contribution in [0, 0.1) is 0 Å². The molecule has 55 heavy (non-hydrogen) atoms. The number of aromatic nitrogens is 8. The van der Waals surface area contributed by atoms with E-state index >= 15 is 0 Å². The van der Waals surface area contributed by atoms with Gasteiger partial charge < -0.3 is 60.9 Å². The number of imidazole rings is 2. The fourth-order valence-corrected chi connectivity index (χ4v) is 10.2. The van der Waals surface area contributed by atoms with Gasteiger partial charge in [0.05, 0.1) is 25.9 Å². The average molecular weight is 868 g/mol. The van der Waals surface area contributed by atoms with Crippen molar-refractivity contribution >= 4 is 65.5 Å². The van der Waals surface area contributed by atoms with Crippen LogP contribution in [0.2, 0.25) is 0 Å². The summed E-state index contributed by atoms with van der Waals surface area (Å²) in [4.78, 5) is 83.4. The van der Waals surface area contributed by atoms with Crippen LogP contribution < -0.4 is 22.6 Å². The van der Waals surface area contributed by atoms with E-state index in [0.29, 0.717) is 0 Å². The lowest BCUT2D eigenvalue weighted by atomic mass is 10.1. The maximum Gasteiger partial charge on any atom is 0.490 e. The van der Waals surface area contributed by atoms with Crippen LogP contribution >= 0.6 is 31.3 Å². The smallest absolute Gasteiger partial charge is 0.387 e. The second kappa shape index (κ2) is 14.8. The van der Waals surface area contributed by atoms with Gasteiger partial charge in [-0.15, -0.1) is 0 Å². The molecule has 12 unspecified atom stereocenters. The van der Waals surface area contributed by atoms with E-state index in [-0.39, 0.29) is 34.2 Å². The summed E-state index contributed by atoms with van der Waals surface area (Å²) in [5.41, 5.74) is 8.68. The molecule has 2 fully saturated rings. The highest BCUT2D eigenvalue weighted by molar-refractivity contribution is 7.69. The van der Waals surface area contributed by atoms with Crippen molar-refractivity contribution in [2.45, 2.75) is 49.1 Å². The zero-order valence-corrected chi connectivity index (χ0v) is 30.3. The number of nitrogens with zero attached hydrogens (tertiary/aromatic N) is 6. The van der Waals surface area contributed by atoms with Gasteiger partial charge in [0.2, 0.25) is 11.9 Å². The number of hydrogen-bond donors (Lipinski definition) is 12. The minimum atomic E-state index is -6.25. The zero-order valence-electron chi connectivity index (χ0n) is 26.7. The molecule has 6 heterocycles. The standard InChI is InChI=1S/C20H28N10O21P4/c21-19-25-13-7(15(35)27-19)23-3-29(13)17-11(33)9(31)5(47-17)1-45-52(37,38)49-54(41,42)51-55(43,44)50-53(39,40)46-2-6-10(32)12(34)18(48-6)30-4-24-8-14(30)26-20(22)28-16(8)36/h3-6,9-12,17-18,31-34H,1-2H2,(H,37,38)(H,39,40)(H,41,42)(H,43,44)(H3,21,25,27,35)(H3,22,26,28,36). The number of rotatable bonds is 14. The molecule has 0 saturated carbocycles. The number of aromatic amines is 2. The van der Waals surface area contributed by atoms with E-state index < -0.39 is 105 Å². The summed E-state index contributed by atoms with van der Waals surface area (Å²) in [6.07, 6.45) is -11.9. The lowest BCUT2D eigenvalue weighted by molar-refractivity contribution is -0.0505. The lowest BCUT2D eigenvalue weighted by Crippen LogP contribution is -2.33. The van der Waals surface area contributed by atoms with Gasteiger partial charge in [0.1, 0.15) is 36.6 Å². The van der Waals surface area contributed by atoms with Crippen molar-refractivity contribution in [2.24, 2.45) is 0 Å². The van der Waals surface area contributed by atoms with E-state index in [0.717, 1.165) is 21.8 Å². The van der Waals surface area contributed by atoms with Crippen LogP contribution in [-0.2, 0) is 49.7 Å². The van der Waals surface area contributed by atoms with Crippen LogP contribution in [0.25, 0.3) is 22.3 Å². The number of nitrogen functional groups attached to an aromatic ring is 2. The minimum Gasteiger partial charge on any atom is -0.387 e. The normalized spacial score (nSPS) is 30.3. The third-order valence-corrected chi connectivity index (χ3v) is 13.5. The predicted octanol–water partition coefficient (Wildman–Crippen LogP) is -3.86. The molecule has 2 aliphatic heterocycles. The number of nitrogens with one attached hydrogen (secondary N) is 2. The highest BCUT2D eigenvalue weighted by atomic mass is 31.3. The van der Waals surface area contributed by atoms with Crippen molar-refractivity contribution in [3.05, 3.63) is 33.4 Å². The van der Waals surface area contributed by atoms with Crippen molar-refractivity contribution in [3.8, 4) is 0 Å². The minimum absolute atomic E-state index is 0.192. The number of phosphoric acid groups is 4. The predicted molar refractivity (Wildman–Crippen MR) is 171 cm³/mol. The fourth-order valence-electron chi connectivity index (χ4n) is 5.26. The molecule has 304 valence electrons. The number of anilines is 2. The van der Waals surface area contributed by atoms with Gasteiger partial charge in [-0.05, 0) is 0 Å². The SMILES string of the molecule is Nc1nc2c(ncn2C2OC(COP(=O)(O)OP(=O)(O)OP(=O)(O)OP(=O)(O)OCC3OC(n4cnc5c(=O)[nH]c(N)nc54)C(O)C3O)C(O)C2O)c(=O)[nH]1. The second-order valence-electron chi connectivity index (χ2n) is 11.4. The van der Waals surface area contributed by atoms with Crippen LogP contribution in [0.1, 0.15) is 12.5 Å². The Morgan fingerprint density at radius 3 is 1.35 bits per heavy atom. The van der Waals surface area contributed by atoms with E-state index in [1.54, 1.807) is 0 Å². The molecule has 0 spiro atoms. The third-order valence-electron chi connectivity index (χ3n) is 7.55. The molecule has 4 aromatic heterocycles. The van der Waals surface area contributed by atoms with Crippen LogP contribution in [0.5, 0.6) is 0 Å². The third kappa shape index (κ3) is 8.80. The topological polar surface area (TPSA) is 474 Å². The summed E-state index contributed by atoms with van der Waals surface area (Å²) in [6, 6.07) is 0. The van der Waals surface area contributed by atoms with Crippen LogP contribution in [0.15, 0.2) is 22.2 Å². The van der Waals surface area contributed by atoms with Crippen molar-refractivity contribution in [3.63, 3.8) is 0 Å². The Morgan fingerprint density at radius 1 is 0.636 bits per heavy atom. The largest absolute Gasteiger partial charge is 0.490 e. The molecular weight excluding hydrogens is 840 g/mol. The number of hydrogen-bond acceptors (Lipinski definition) is 23. The first kappa shape index (κ1) is 41.3. The summed E-state index contributed by atoms with van der Waals surface area (Å²) in [6.45, 7) is -2.36. The first-order chi connectivity index (χ1) is 25.5. The van der Waals surface area contributed by atoms with Gasteiger partial charge in [-0.2, -0.15) is 22.9 Å². The summed E-state index contributed by atoms with van der Waals surface area (Å²) in [5, 5.41) is 41.8. The van der Waals surface area contributed by atoms with E-state index in [9.17, 15) is 67.8 Å². The van der Waals surface area contributed by atoms with Gasteiger partial charge in [0.25, 0.3) is 11.1 Å². The van der Waals surface area contributed by atoms with Crippen molar-refractivity contribution in [1.82, 2.24) is 39.0 Å². The molecule has 2 saturated heterocycles. The Morgan fingerprint density at radius 2 is 0.982 bits per heavy atom. The van der Waals surface area contributed by atoms with E-state index in [1.807, 2.05) is 0 Å². The van der Waals surface area contributed by atoms with Gasteiger partial charge in [0, 0.05) is 0 Å². The Hall–Kier alpha value is -3.38. The monoisotopic (exact) mass is 868 g/mol. The zero-order chi connectivity index (χ0) is 40.4. The van der Waals surface area contributed by atoms with Gasteiger partial charge >= 0.3 is 31.3 Å². The number of H-pyrrole nitrogens is 2. The number of aliphatic hydroxyl groups is 4. The van der Waals surface area contributed by atoms with Gasteiger partial charge in [-0.3, -0.25) is 37.7 Å². The summed E-state index contributed by atoms with van der Waals surface area (Å²) < 4.78 is 82.9. The number of aliphatic hydroxyl groups excluding tert-OH is 4. The van der Waals surface area contributed by atoms with Gasteiger partial charge in [-0.1, -0.05) is 0 Å². The van der Waals surface area contributed by atoms with Gasteiger partial charge in [-0.25, -0.2) is 28.2 Å². The molecule has 12 atom stereocenters. The molecule has 2 aliphatic rings.